The third-order valence-electron chi connectivity index (χ3n) is 4.75. The van der Waals surface area contributed by atoms with E-state index >= 15 is 0 Å². The number of likely N-dealkylation sites (tertiary alicyclic amines) is 1. The quantitative estimate of drug-likeness (QED) is 0.532. The van der Waals surface area contributed by atoms with Gasteiger partial charge in [0.25, 0.3) is 5.69 Å². The molecule has 2 rings (SSSR count). The summed E-state index contributed by atoms with van der Waals surface area (Å²) in [6.07, 6.45) is 0.755. The number of nitro groups is 1. The molecule has 1 aromatic rings. The summed E-state index contributed by atoms with van der Waals surface area (Å²) in [6.45, 7) is 2.70. The Hall–Kier alpha value is -3.04. The fourth-order valence-corrected chi connectivity index (χ4v) is 3.39. The van der Waals surface area contributed by atoms with Crippen LogP contribution in [0, 0.1) is 22.0 Å². The normalized spacial score (nSPS) is 19.0. The number of aliphatic carboxylic acids is 1. The minimum atomic E-state index is -0.912. The Morgan fingerprint density at radius 2 is 1.93 bits per heavy atom. The van der Waals surface area contributed by atoms with E-state index in [1.807, 2.05) is 6.92 Å². The Morgan fingerprint density at radius 1 is 1.29 bits per heavy atom. The number of carbonyl (C=O) groups is 2. The van der Waals surface area contributed by atoms with E-state index in [2.05, 4.69) is 5.32 Å². The Labute approximate surface area is 162 Å². The number of hydrogen-bond acceptors (Lipinski definition) is 6. The lowest BCUT2D eigenvalue weighted by atomic mass is 9.91. The first-order valence-corrected chi connectivity index (χ1v) is 8.91. The summed E-state index contributed by atoms with van der Waals surface area (Å²) >= 11 is 0. The van der Waals surface area contributed by atoms with Gasteiger partial charge in [-0.25, -0.2) is 4.79 Å². The predicted octanol–water partition coefficient (Wildman–Crippen LogP) is 1.91. The highest BCUT2D eigenvalue weighted by Gasteiger charge is 2.31. The highest BCUT2D eigenvalue weighted by Crippen LogP contribution is 2.34. The molecule has 0 aromatic heterocycles. The molecule has 2 unspecified atom stereocenters. The number of nitrogens with one attached hydrogen (secondary N) is 1. The molecule has 154 valence electrons. The Bertz CT molecular complexity index is 753. The van der Waals surface area contributed by atoms with Gasteiger partial charge in [0.05, 0.1) is 31.1 Å². The number of urea groups is 1. The number of ether oxygens (including phenoxy) is 2. The first-order valence-electron chi connectivity index (χ1n) is 8.91. The fraction of sp³-hybridized carbons (Fsp3) is 0.556. The third-order valence-corrected chi connectivity index (χ3v) is 4.75. The van der Waals surface area contributed by atoms with Gasteiger partial charge in [0, 0.05) is 25.2 Å². The monoisotopic (exact) mass is 395 g/mol. The van der Waals surface area contributed by atoms with Crippen LogP contribution in [0.1, 0.15) is 18.9 Å². The summed E-state index contributed by atoms with van der Waals surface area (Å²) in [7, 11) is 2.83. The molecule has 0 radical (unpaired) electrons. The molecule has 0 spiro atoms. The summed E-state index contributed by atoms with van der Waals surface area (Å²) in [6, 6.07) is 2.44. The number of benzene rings is 1. The van der Waals surface area contributed by atoms with Crippen molar-refractivity contribution in [1.82, 2.24) is 10.2 Å². The minimum Gasteiger partial charge on any atom is -0.493 e. The molecule has 1 aliphatic rings. The fourth-order valence-electron chi connectivity index (χ4n) is 3.39. The number of carboxylic acid groups (broad SMARTS) is 1. The van der Waals surface area contributed by atoms with Crippen molar-refractivity contribution in [3.05, 3.63) is 27.8 Å². The van der Waals surface area contributed by atoms with Gasteiger partial charge in [0.2, 0.25) is 0 Å². The summed E-state index contributed by atoms with van der Waals surface area (Å²) in [5.41, 5.74) is 0.280. The van der Waals surface area contributed by atoms with E-state index in [1.165, 1.54) is 31.3 Å². The molecule has 10 heteroatoms. The zero-order chi connectivity index (χ0) is 20.8. The highest BCUT2D eigenvalue weighted by molar-refractivity contribution is 5.76. The second kappa shape index (κ2) is 9.25. The van der Waals surface area contributed by atoms with Crippen molar-refractivity contribution in [3.63, 3.8) is 0 Å². The van der Waals surface area contributed by atoms with Crippen LogP contribution in [-0.4, -0.2) is 60.8 Å². The SMILES string of the molecule is COc1cc(CCNC(=O)N2CC(C)CC(C(=O)O)C2)c([N+](=O)[O-])cc1OC. The Morgan fingerprint density at radius 3 is 2.50 bits per heavy atom. The van der Waals surface area contributed by atoms with Crippen LogP contribution < -0.4 is 14.8 Å². The van der Waals surface area contributed by atoms with E-state index in [0.29, 0.717) is 24.3 Å². The molecule has 1 aliphatic heterocycles. The van der Waals surface area contributed by atoms with Crippen LogP contribution in [-0.2, 0) is 11.2 Å². The molecule has 1 fully saturated rings. The maximum atomic E-state index is 12.4. The summed E-state index contributed by atoms with van der Waals surface area (Å²) in [5, 5.41) is 23.3. The van der Waals surface area contributed by atoms with Gasteiger partial charge in [-0.1, -0.05) is 6.92 Å². The molecule has 0 bridgehead atoms. The molecule has 28 heavy (non-hydrogen) atoms. The molecule has 2 amide bonds. The van der Waals surface area contributed by atoms with E-state index < -0.39 is 16.8 Å². The van der Waals surface area contributed by atoms with Crippen LogP contribution in [0.2, 0.25) is 0 Å². The number of hydrogen-bond donors (Lipinski definition) is 2. The molecule has 2 N–H and O–H groups in total. The van der Waals surface area contributed by atoms with Crippen LogP contribution in [0.5, 0.6) is 11.5 Å². The molecular weight excluding hydrogens is 370 g/mol. The van der Waals surface area contributed by atoms with Crippen molar-refractivity contribution in [3.8, 4) is 11.5 Å². The van der Waals surface area contributed by atoms with Gasteiger partial charge in [-0.15, -0.1) is 0 Å². The second-order valence-corrected chi connectivity index (χ2v) is 6.86. The average Bonchev–Trinajstić information content (AvgIpc) is 2.66. The van der Waals surface area contributed by atoms with Crippen LogP contribution in [0.3, 0.4) is 0 Å². The number of nitrogens with zero attached hydrogens (tertiary/aromatic N) is 2. The van der Waals surface area contributed by atoms with Crippen LogP contribution in [0.4, 0.5) is 10.5 Å². The summed E-state index contributed by atoms with van der Waals surface area (Å²) in [4.78, 5) is 35.9. The first kappa shape index (κ1) is 21.3. The number of nitro benzene ring substituents is 1. The second-order valence-electron chi connectivity index (χ2n) is 6.86. The van der Waals surface area contributed by atoms with Gasteiger partial charge in [-0.05, 0) is 24.8 Å². The van der Waals surface area contributed by atoms with Crippen molar-refractivity contribution >= 4 is 17.7 Å². The smallest absolute Gasteiger partial charge is 0.317 e. The standard InChI is InChI=1S/C18H25N3O7/c1-11-6-13(17(22)23)10-20(9-11)18(24)19-5-4-12-7-15(27-2)16(28-3)8-14(12)21(25)26/h7-8,11,13H,4-6,9-10H2,1-3H3,(H,19,24)(H,22,23). The number of carbonyl (C=O) groups excluding carboxylic acids is 1. The lowest BCUT2D eigenvalue weighted by Gasteiger charge is -2.34. The molecule has 10 nitrogen and oxygen atoms in total. The molecule has 0 aliphatic carbocycles. The Balaban J connectivity index is 2.03. The number of methoxy groups -OCH3 is 2. The highest BCUT2D eigenvalue weighted by atomic mass is 16.6. The summed E-state index contributed by atoms with van der Waals surface area (Å²) in [5.74, 6) is -0.785. The van der Waals surface area contributed by atoms with E-state index in [1.54, 1.807) is 0 Å². The van der Waals surface area contributed by atoms with Gasteiger partial charge in [0.15, 0.2) is 11.5 Å². The van der Waals surface area contributed by atoms with Crippen molar-refractivity contribution in [2.45, 2.75) is 19.8 Å². The summed E-state index contributed by atoms with van der Waals surface area (Å²) < 4.78 is 10.3. The van der Waals surface area contributed by atoms with Crippen molar-refractivity contribution in [2.24, 2.45) is 11.8 Å². The maximum Gasteiger partial charge on any atom is 0.317 e. The maximum absolute atomic E-state index is 12.4. The predicted molar refractivity (Wildman–Crippen MR) is 99.8 cm³/mol. The minimum absolute atomic E-state index is 0.0903. The molecule has 1 aromatic carbocycles. The topological polar surface area (TPSA) is 131 Å². The number of carboxylic acids is 1. The lowest BCUT2D eigenvalue weighted by Crippen LogP contribution is -2.49. The molecule has 1 saturated heterocycles. The van der Waals surface area contributed by atoms with Crippen LogP contribution >= 0.6 is 0 Å². The van der Waals surface area contributed by atoms with E-state index in [9.17, 15) is 24.8 Å². The van der Waals surface area contributed by atoms with Crippen LogP contribution in [0.15, 0.2) is 12.1 Å². The van der Waals surface area contributed by atoms with E-state index in [-0.39, 0.29) is 42.9 Å². The van der Waals surface area contributed by atoms with Gasteiger partial charge < -0.3 is 24.8 Å². The van der Waals surface area contributed by atoms with Crippen LogP contribution in [0.25, 0.3) is 0 Å². The van der Waals surface area contributed by atoms with Gasteiger partial charge >= 0.3 is 12.0 Å². The number of rotatable bonds is 7. The van der Waals surface area contributed by atoms with Crippen molar-refractivity contribution in [1.29, 1.82) is 0 Å². The molecular formula is C18H25N3O7. The van der Waals surface area contributed by atoms with Gasteiger partial charge in [-0.2, -0.15) is 0 Å². The zero-order valence-electron chi connectivity index (χ0n) is 16.1. The van der Waals surface area contributed by atoms with Gasteiger partial charge in [0.1, 0.15) is 0 Å². The zero-order valence-corrected chi connectivity index (χ0v) is 16.1. The first-order chi connectivity index (χ1) is 13.3. The van der Waals surface area contributed by atoms with Gasteiger partial charge in [-0.3, -0.25) is 14.9 Å². The Kier molecular flexibility index (Phi) is 7.02. The average molecular weight is 395 g/mol. The largest absolute Gasteiger partial charge is 0.493 e. The molecule has 1 heterocycles. The van der Waals surface area contributed by atoms with E-state index in [0.717, 1.165) is 0 Å². The molecule has 2 atom stereocenters. The van der Waals surface area contributed by atoms with Crippen molar-refractivity contribution < 1.29 is 29.1 Å². The van der Waals surface area contributed by atoms with Crippen molar-refractivity contribution in [2.75, 3.05) is 33.9 Å². The molecule has 0 saturated carbocycles. The lowest BCUT2D eigenvalue weighted by molar-refractivity contribution is -0.385. The number of piperidine rings is 1. The number of amides is 2. The van der Waals surface area contributed by atoms with E-state index in [4.69, 9.17) is 9.47 Å². The third kappa shape index (κ3) is 5.02.